The lowest BCUT2D eigenvalue weighted by Crippen LogP contribution is -2.24. The van der Waals surface area contributed by atoms with E-state index in [2.05, 4.69) is 6.92 Å². The maximum Gasteiger partial charge on any atom is 0.167 e. The summed E-state index contributed by atoms with van der Waals surface area (Å²) in [6, 6.07) is 7.24. The van der Waals surface area contributed by atoms with Crippen molar-refractivity contribution in [2.75, 3.05) is 13.2 Å². The molecule has 3 rings (SSSR count). The van der Waals surface area contributed by atoms with Gasteiger partial charge in [0.1, 0.15) is 11.6 Å². The van der Waals surface area contributed by atoms with Crippen LogP contribution in [-0.2, 0) is 4.74 Å². The zero-order valence-corrected chi connectivity index (χ0v) is 16.4. The molecule has 2 atom stereocenters. The largest absolute Gasteiger partial charge is 0.493 e. The second kappa shape index (κ2) is 9.46. The Morgan fingerprint density at radius 3 is 2.43 bits per heavy atom. The zero-order chi connectivity index (χ0) is 20.1. The summed E-state index contributed by atoms with van der Waals surface area (Å²) < 4.78 is 55.2. The van der Waals surface area contributed by atoms with Crippen LogP contribution >= 0.6 is 0 Å². The van der Waals surface area contributed by atoms with Gasteiger partial charge in [-0.3, -0.25) is 0 Å². The molecular formula is C23H27F3O2. The Morgan fingerprint density at radius 2 is 1.79 bits per heavy atom. The molecule has 0 aliphatic carbocycles. The van der Waals surface area contributed by atoms with Crippen LogP contribution in [0, 0.1) is 17.5 Å². The summed E-state index contributed by atoms with van der Waals surface area (Å²) in [7, 11) is 0. The fourth-order valence-electron chi connectivity index (χ4n) is 3.60. The molecule has 0 N–H and O–H groups in total. The number of halogens is 3. The third-order valence-electron chi connectivity index (χ3n) is 5.37. The molecule has 0 aromatic heterocycles. The summed E-state index contributed by atoms with van der Waals surface area (Å²) in [4.78, 5) is 0. The van der Waals surface area contributed by atoms with Gasteiger partial charge in [0.2, 0.25) is 0 Å². The van der Waals surface area contributed by atoms with Crippen molar-refractivity contribution in [3.63, 3.8) is 0 Å². The van der Waals surface area contributed by atoms with Crippen LogP contribution in [0.1, 0.15) is 57.4 Å². The van der Waals surface area contributed by atoms with Gasteiger partial charge in [-0.1, -0.05) is 32.4 Å². The molecule has 2 aromatic carbocycles. The van der Waals surface area contributed by atoms with Gasteiger partial charge in [-0.05, 0) is 43.4 Å². The second-order valence-electron chi connectivity index (χ2n) is 7.31. The smallest absolute Gasteiger partial charge is 0.167 e. The summed E-state index contributed by atoms with van der Waals surface area (Å²) in [6.45, 7) is 4.96. The molecule has 1 aliphatic rings. The van der Waals surface area contributed by atoms with Gasteiger partial charge in [0.15, 0.2) is 11.6 Å². The molecule has 0 radical (unpaired) electrons. The first-order valence-electron chi connectivity index (χ1n) is 10.1. The molecule has 1 heterocycles. The second-order valence-corrected chi connectivity index (χ2v) is 7.31. The third-order valence-corrected chi connectivity index (χ3v) is 5.37. The van der Waals surface area contributed by atoms with E-state index in [1.807, 2.05) is 6.92 Å². The minimum absolute atomic E-state index is 0.0248. The number of benzene rings is 2. The van der Waals surface area contributed by atoms with Crippen molar-refractivity contribution >= 4 is 0 Å². The van der Waals surface area contributed by atoms with Crippen molar-refractivity contribution in [1.82, 2.24) is 0 Å². The molecule has 28 heavy (non-hydrogen) atoms. The minimum atomic E-state index is -1.02. The highest BCUT2D eigenvalue weighted by molar-refractivity contribution is 5.66. The van der Waals surface area contributed by atoms with E-state index >= 15 is 0 Å². The molecule has 2 aromatic rings. The van der Waals surface area contributed by atoms with Crippen LogP contribution in [0.4, 0.5) is 13.2 Å². The number of ether oxygens (including phenoxy) is 2. The third kappa shape index (κ3) is 4.52. The summed E-state index contributed by atoms with van der Waals surface area (Å²) in [6.07, 6.45) is 4.54. The quantitative estimate of drug-likeness (QED) is 0.493. The minimum Gasteiger partial charge on any atom is -0.493 e. The number of rotatable bonds is 7. The van der Waals surface area contributed by atoms with Crippen LogP contribution in [0.5, 0.6) is 5.75 Å². The molecule has 0 bridgehead atoms. The fraction of sp³-hybridized carbons (Fsp3) is 0.478. The molecule has 2 unspecified atom stereocenters. The Labute approximate surface area is 164 Å². The van der Waals surface area contributed by atoms with E-state index < -0.39 is 17.5 Å². The van der Waals surface area contributed by atoms with Gasteiger partial charge >= 0.3 is 0 Å². The summed E-state index contributed by atoms with van der Waals surface area (Å²) >= 11 is 0. The molecule has 0 amide bonds. The molecule has 0 saturated carbocycles. The van der Waals surface area contributed by atoms with E-state index in [4.69, 9.17) is 9.47 Å². The van der Waals surface area contributed by atoms with Crippen LogP contribution in [0.3, 0.4) is 0 Å². The Hall–Kier alpha value is -2.01. The Kier molecular flexibility index (Phi) is 7.00. The maximum atomic E-state index is 14.8. The predicted molar refractivity (Wildman–Crippen MR) is 104 cm³/mol. The van der Waals surface area contributed by atoms with Crippen molar-refractivity contribution in [3.8, 4) is 16.9 Å². The van der Waals surface area contributed by atoms with E-state index in [1.54, 1.807) is 12.1 Å². The van der Waals surface area contributed by atoms with Crippen molar-refractivity contribution in [2.24, 2.45) is 0 Å². The molecule has 1 saturated heterocycles. The average molecular weight is 392 g/mol. The van der Waals surface area contributed by atoms with Gasteiger partial charge in [0.05, 0.1) is 19.3 Å². The summed E-state index contributed by atoms with van der Waals surface area (Å²) in [5.41, 5.74) is 0.245. The van der Waals surface area contributed by atoms with Crippen LogP contribution in [0.25, 0.3) is 11.1 Å². The van der Waals surface area contributed by atoms with Crippen LogP contribution in [0.2, 0.25) is 0 Å². The molecule has 1 fully saturated rings. The van der Waals surface area contributed by atoms with Crippen molar-refractivity contribution in [1.29, 1.82) is 0 Å². The first-order chi connectivity index (χ1) is 13.5. The lowest BCUT2D eigenvalue weighted by Gasteiger charge is -2.29. The molecular weight excluding hydrogens is 365 g/mol. The molecule has 5 heteroatoms. The normalized spacial score (nSPS) is 19.6. The van der Waals surface area contributed by atoms with Crippen LogP contribution < -0.4 is 4.74 Å². The van der Waals surface area contributed by atoms with E-state index in [1.165, 1.54) is 18.2 Å². The van der Waals surface area contributed by atoms with E-state index in [9.17, 15) is 13.2 Å². The highest BCUT2D eigenvalue weighted by Crippen LogP contribution is 2.36. The van der Waals surface area contributed by atoms with Crippen molar-refractivity contribution < 1.29 is 22.6 Å². The monoisotopic (exact) mass is 392 g/mol. The summed E-state index contributed by atoms with van der Waals surface area (Å²) in [5.74, 6) is -2.35. The first kappa shape index (κ1) is 20.7. The molecule has 152 valence electrons. The van der Waals surface area contributed by atoms with Gasteiger partial charge in [-0.25, -0.2) is 13.2 Å². The highest BCUT2D eigenvalue weighted by atomic mass is 19.2. The van der Waals surface area contributed by atoms with E-state index in [-0.39, 0.29) is 23.1 Å². The van der Waals surface area contributed by atoms with Crippen LogP contribution in [-0.4, -0.2) is 19.3 Å². The Morgan fingerprint density at radius 1 is 1.00 bits per heavy atom. The predicted octanol–water partition coefficient (Wildman–Crippen LogP) is 6.62. The summed E-state index contributed by atoms with van der Waals surface area (Å²) in [5, 5.41) is 0. The zero-order valence-electron chi connectivity index (χ0n) is 16.4. The van der Waals surface area contributed by atoms with Gasteiger partial charge in [-0.2, -0.15) is 0 Å². The van der Waals surface area contributed by atoms with Crippen molar-refractivity contribution in [3.05, 3.63) is 53.3 Å². The van der Waals surface area contributed by atoms with Gasteiger partial charge in [0.25, 0.3) is 0 Å². The lowest BCUT2D eigenvalue weighted by atomic mass is 9.89. The van der Waals surface area contributed by atoms with E-state index in [0.29, 0.717) is 24.5 Å². The lowest BCUT2D eigenvalue weighted by molar-refractivity contribution is 0.00131. The van der Waals surface area contributed by atoms with Gasteiger partial charge < -0.3 is 9.47 Å². The number of unbranched alkanes of at least 4 members (excludes halogenated alkanes) is 1. The Balaban J connectivity index is 1.81. The number of hydrogen-bond donors (Lipinski definition) is 0. The molecule has 2 nitrogen and oxygen atoms in total. The van der Waals surface area contributed by atoms with Gasteiger partial charge in [-0.15, -0.1) is 0 Å². The Bertz CT molecular complexity index is 799. The number of hydrogen-bond acceptors (Lipinski definition) is 2. The topological polar surface area (TPSA) is 18.5 Å². The van der Waals surface area contributed by atoms with Crippen molar-refractivity contribution in [2.45, 2.75) is 58.0 Å². The van der Waals surface area contributed by atoms with E-state index in [0.717, 1.165) is 32.1 Å². The highest BCUT2D eigenvalue weighted by Gasteiger charge is 2.27. The first-order valence-corrected chi connectivity index (χ1v) is 10.1. The standard InChI is InChI=1S/C23H27F3O2/c1-3-5-12-27-17-8-9-19(21(24)13-17)20-11-10-18(22(25)23(20)26)15-6-7-16(4-2)28-14-15/h8-11,13,15-16H,3-7,12,14H2,1-2H3. The maximum absolute atomic E-state index is 14.8. The molecule has 1 aliphatic heterocycles. The van der Waals surface area contributed by atoms with Gasteiger partial charge in [0, 0.05) is 23.1 Å². The SMILES string of the molecule is CCCCOc1ccc(-c2ccc(C3CCC(CC)OC3)c(F)c2F)c(F)c1. The van der Waals surface area contributed by atoms with Crippen LogP contribution in [0.15, 0.2) is 30.3 Å². The molecule has 0 spiro atoms. The average Bonchev–Trinajstić information content (AvgIpc) is 2.71. The fourth-order valence-corrected chi connectivity index (χ4v) is 3.60.